The van der Waals surface area contributed by atoms with E-state index in [1.807, 2.05) is 12.1 Å². The molecule has 0 spiro atoms. The molecule has 28 heavy (non-hydrogen) atoms. The second-order valence-corrected chi connectivity index (χ2v) is 6.82. The molecule has 1 unspecified atom stereocenters. The summed E-state index contributed by atoms with van der Waals surface area (Å²) in [5.74, 6) is -0.0953. The van der Waals surface area contributed by atoms with Gasteiger partial charge in [-0.05, 0) is 48.7 Å². The van der Waals surface area contributed by atoms with Crippen LogP contribution < -0.4 is 20.7 Å². The van der Waals surface area contributed by atoms with Gasteiger partial charge >= 0.3 is 0 Å². The molecule has 1 aliphatic rings. The molecule has 1 heterocycles. The van der Waals surface area contributed by atoms with Crippen molar-refractivity contribution in [3.63, 3.8) is 0 Å². The Balaban J connectivity index is 1.45. The highest BCUT2D eigenvalue weighted by molar-refractivity contribution is 5.91. The molecular weight excluding hydrogens is 354 g/mol. The zero-order chi connectivity index (χ0) is 19.9. The van der Waals surface area contributed by atoms with Crippen LogP contribution in [0.4, 0.5) is 5.69 Å². The summed E-state index contributed by atoms with van der Waals surface area (Å²) in [4.78, 5) is 25.1. The highest BCUT2D eigenvalue weighted by atomic mass is 16.5. The summed E-state index contributed by atoms with van der Waals surface area (Å²) in [5.41, 5.74) is 8.53. The molecule has 0 saturated heterocycles. The number of hydrogen-bond acceptors (Lipinski definition) is 4. The second-order valence-electron chi connectivity index (χ2n) is 6.82. The van der Waals surface area contributed by atoms with Crippen molar-refractivity contribution < 1.29 is 14.3 Å². The Morgan fingerprint density at radius 1 is 1.21 bits per heavy atom. The lowest BCUT2D eigenvalue weighted by atomic mass is 10.1. The van der Waals surface area contributed by atoms with Crippen LogP contribution in [0, 0.1) is 0 Å². The summed E-state index contributed by atoms with van der Waals surface area (Å²) < 4.78 is 5.20. The van der Waals surface area contributed by atoms with Crippen molar-refractivity contribution in [1.29, 1.82) is 0 Å². The lowest BCUT2D eigenvalue weighted by molar-refractivity contribution is -0.120. The number of fused-ring (bicyclic) bond motifs is 1. The van der Waals surface area contributed by atoms with Crippen molar-refractivity contribution in [3.8, 4) is 5.75 Å². The Morgan fingerprint density at radius 3 is 2.71 bits per heavy atom. The van der Waals surface area contributed by atoms with Crippen LogP contribution >= 0.6 is 0 Å². The van der Waals surface area contributed by atoms with E-state index in [9.17, 15) is 9.59 Å². The van der Waals surface area contributed by atoms with Crippen molar-refractivity contribution in [1.82, 2.24) is 5.32 Å². The van der Waals surface area contributed by atoms with E-state index in [-0.39, 0.29) is 12.5 Å². The minimum Gasteiger partial charge on any atom is -0.484 e. The van der Waals surface area contributed by atoms with E-state index in [4.69, 9.17) is 10.5 Å². The predicted octanol–water partition coefficient (Wildman–Crippen LogP) is 2.13. The van der Waals surface area contributed by atoms with Gasteiger partial charge in [-0.25, -0.2) is 0 Å². The molecule has 1 aliphatic heterocycles. The molecular formula is C22H25N3O3. The molecule has 0 saturated carbocycles. The zero-order valence-corrected chi connectivity index (χ0v) is 15.9. The van der Waals surface area contributed by atoms with Crippen LogP contribution in [-0.4, -0.2) is 37.6 Å². The first-order valence-corrected chi connectivity index (χ1v) is 9.34. The average molecular weight is 379 g/mol. The van der Waals surface area contributed by atoms with Crippen molar-refractivity contribution in [2.45, 2.75) is 19.4 Å². The average Bonchev–Trinajstić information content (AvgIpc) is 3.01. The maximum Gasteiger partial charge on any atom is 0.255 e. The van der Waals surface area contributed by atoms with Crippen LogP contribution in [-0.2, 0) is 16.0 Å². The minimum atomic E-state index is -0.521. The van der Waals surface area contributed by atoms with Crippen LogP contribution in [0.5, 0.6) is 5.75 Å². The van der Waals surface area contributed by atoms with E-state index in [1.165, 1.54) is 17.3 Å². The van der Waals surface area contributed by atoms with Gasteiger partial charge in [0.05, 0.1) is 0 Å². The van der Waals surface area contributed by atoms with Gasteiger partial charge in [-0.3, -0.25) is 9.59 Å². The van der Waals surface area contributed by atoms with Crippen LogP contribution in [0.15, 0.2) is 54.6 Å². The molecule has 6 nitrogen and oxygen atoms in total. The largest absolute Gasteiger partial charge is 0.484 e. The third-order valence-electron chi connectivity index (χ3n) is 4.69. The maximum atomic E-state index is 12.1. The van der Waals surface area contributed by atoms with Gasteiger partial charge in [-0.2, -0.15) is 0 Å². The molecule has 0 radical (unpaired) electrons. The standard InChI is InChI=1S/C22H25N3O3/c1-16-14-18-4-2-3-5-20(18)25(16)13-12-24-22(27)11-8-17-6-9-19(10-7-17)28-15-21(23)26/h2-11,16H,12-15H2,1H3,(H2,23,26)(H,24,27)/b11-8+. The van der Waals surface area contributed by atoms with Gasteiger partial charge in [-0.1, -0.05) is 30.3 Å². The van der Waals surface area contributed by atoms with Crippen LogP contribution in [0.2, 0.25) is 0 Å². The van der Waals surface area contributed by atoms with Gasteiger partial charge in [-0.15, -0.1) is 0 Å². The van der Waals surface area contributed by atoms with Gasteiger partial charge in [0.25, 0.3) is 5.91 Å². The lowest BCUT2D eigenvalue weighted by Crippen LogP contribution is -2.37. The van der Waals surface area contributed by atoms with Crippen LogP contribution in [0.25, 0.3) is 6.08 Å². The Hall–Kier alpha value is -3.28. The first kappa shape index (κ1) is 19.5. The molecule has 6 heteroatoms. The number of primary amides is 1. The molecule has 146 valence electrons. The molecule has 2 aromatic carbocycles. The number of carbonyl (C=O) groups is 2. The highest BCUT2D eigenvalue weighted by Gasteiger charge is 2.24. The number of benzene rings is 2. The molecule has 2 aromatic rings. The molecule has 3 rings (SSSR count). The Labute approximate surface area is 165 Å². The Bertz CT molecular complexity index is 862. The first-order valence-electron chi connectivity index (χ1n) is 9.34. The number of carbonyl (C=O) groups excluding carboxylic acids is 2. The fourth-order valence-electron chi connectivity index (χ4n) is 3.33. The quantitative estimate of drug-likeness (QED) is 0.688. The SMILES string of the molecule is CC1Cc2ccccc2N1CCNC(=O)/C=C/c1ccc(OCC(N)=O)cc1. The number of ether oxygens (including phenoxy) is 1. The fourth-order valence-corrected chi connectivity index (χ4v) is 3.33. The third kappa shape index (κ3) is 5.13. The first-order chi connectivity index (χ1) is 13.5. The molecule has 0 bridgehead atoms. The maximum absolute atomic E-state index is 12.1. The Kier molecular flexibility index (Phi) is 6.32. The van der Waals surface area contributed by atoms with E-state index in [2.05, 4.69) is 41.4 Å². The second kappa shape index (κ2) is 9.08. The molecule has 0 aromatic heterocycles. The van der Waals surface area contributed by atoms with Gasteiger partial charge in [0, 0.05) is 30.9 Å². The van der Waals surface area contributed by atoms with Crippen molar-refractivity contribution in [2.24, 2.45) is 5.73 Å². The van der Waals surface area contributed by atoms with E-state index in [0.29, 0.717) is 18.3 Å². The number of anilines is 1. The van der Waals surface area contributed by atoms with Crippen LogP contribution in [0.1, 0.15) is 18.1 Å². The summed E-state index contributed by atoms with van der Waals surface area (Å²) in [6.45, 7) is 3.42. The number of amides is 2. The topological polar surface area (TPSA) is 84.7 Å². The predicted molar refractivity (Wildman–Crippen MR) is 110 cm³/mol. The number of nitrogens with two attached hydrogens (primary N) is 1. The molecule has 0 aliphatic carbocycles. The van der Waals surface area contributed by atoms with Crippen molar-refractivity contribution in [2.75, 3.05) is 24.6 Å². The van der Waals surface area contributed by atoms with Gasteiger partial charge in [0.2, 0.25) is 5.91 Å². The molecule has 2 amide bonds. The molecule has 0 fully saturated rings. The van der Waals surface area contributed by atoms with Gasteiger partial charge in [0.1, 0.15) is 5.75 Å². The smallest absolute Gasteiger partial charge is 0.255 e. The number of hydrogen-bond donors (Lipinski definition) is 2. The zero-order valence-electron chi connectivity index (χ0n) is 15.9. The van der Waals surface area contributed by atoms with Crippen molar-refractivity contribution >= 4 is 23.6 Å². The van der Waals surface area contributed by atoms with E-state index < -0.39 is 5.91 Å². The van der Waals surface area contributed by atoms with Gasteiger partial charge in [0.15, 0.2) is 6.61 Å². The third-order valence-corrected chi connectivity index (χ3v) is 4.69. The summed E-state index contributed by atoms with van der Waals surface area (Å²) in [7, 11) is 0. The molecule has 3 N–H and O–H groups in total. The van der Waals surface area contributed by atoms with Crippen molar-refractivity contribution in [3.05, 3.63) is 65.7 Å². The molecule has 1 atom stereocenters. The summed E-state index contributed by atoms with van der Waals surface area (Å²) in [5, 5.41) is 2.93. The Morgan fingerprint density at radius 2 is 1.96 bits per heavy atom. The monoisotopic (exact) mass is 379 g/mol. The summed E-state index contributed by atoms with van der Waals surface area (Å²) in [6.07, 6.45) is 4.30. The highest BCUT2D eigenvalue weighted by Crippen LogP contribution is 2.31. The van der Waals surface area contributed by atoms with E-state index >= 15 is 0 Å². The van der Waals surface area contributed by atoms with Crippen LogP contribution in [0.3, 0.4) is 0 Å². The van der Waals surface area contributed by atoms with E-state index in [0.717, 1.165) is 18.5 Å². The van der Waals surface area contributed by atoms with E-state index in [1.54, 1.807) is 18.2 Å². The number of nitrogens with one attached hydrogen (secondary N) is 1. The minimum absolute atomic E-state index is 0.130. The summed E-state index contributed by atoms with van der Waals surface area (Å²) >= 11 is 0. The number of rotatable bonds is 8. The van der Waals surface area contributed by atoms with Gasteiger partial charge < -0.3 is 20.7 Å². The number of para-hydroxylation sites is 1. The normalized spacial score (nSPS) is 15.5. The fraction of sp³-hybridized carbons (Fsp3) is 0.273. The lowest BCUT2D eigenvalue weighted by Gasteiger charge is -2.24. The number of nitrogens with zero attached hydrogens (tertiary/aromatic N) is 1. The summed E-state index contributed by atoms with van der Waals surface area (Å²) in [6, 6.07) is 15.9.